The zero-order chi connectivity index (χ0) is 22.6. The predicted octanol–water partition coefficient (Wildman–Crippen LogP) is 2.97. The number of aliphatic carboxylic acids is 1. The minimum Gasteiger partial charge on any atom is -0.497 e. The minimum atomic E-state index is -1.36. The summed E-state index contributed by atoms with van der Waals surface area (Å²) in [6, 6.07) is 15.7. The van der Waals surface area contributed by atoms with Crippen molar-refractivity contribution in [1.82, 2.24) is 4.90 Å². The molecule has 2 atom stereocenters. The summed E-state index contributed by atoms with van der Waals surface area (Å²) in [7, 11) is 1.57. The Hall–Kier alpha value is -2.42. The molecule has 4 rings (SSSR count). The number of nitrogens with zero attached hydrogens (tertiary/aromatic N) is 2. The zero-order valence-corrected chi connectivity index (χ0v) is 19.1. The Kier molecular flexibility index (Phi) is 7.13. The molecule has 0 unspecified atom stereocenters. The molecular weight excluding hydrogens is 428 g/mol. The van der Waals surface area contributed by atoms with Crippen LogP contribution in [0.3, 0.4) is 0 Å². The van der Waals surface area contributed by atoms with Gasteiger partial charge in [0.2, 0.25) is 0 Å². The van der Waals surface area contributed by atoms with Crippen LogP contribution >= 0.6 is 11.8 Å². The van der Waals surface area contributed by atoms with E-state index in [4.69, 9.17) is 9.47 Å². The number of piperazine rings is 1. The maximum atomic E-state index is 12.4. The normalized spacial score (nSPS) is 23.7. The lowest BCUT2D eigenvalue weighted by Gasteiger charge is -2.37. The van der Waals surface area contributed by atoms with E-state index in [9.17, 15) is 15.0 Å². The summed E-state index contributed by atoms with van der Waals surface area (Å²) in [4.78, 5) is 17.8. The summed E-state index contributed by atoms with van der Waals surface area (Å²) < 4.78 is 9.64. The van der Waals surface area contributed by atoms with Crippen molar-refractivity contribution < 1.29 is 24.5 Å². The SMILES string of the molecule is COc1ccc2c(c1)S[C@@](CCCN1CCN(c3ccccc3)CC1)(C(=O)O)[C@@H](O)CO2. The van der Waals surface area contributed by atoms with Gasteiger partial charge in [-0.15, -0.1) is 11.8 Å². The highest BCUT2D eigenvalue weighted by atomic mass is 32.2. The second-order valence-corrected chi connectivity index (χ2v) is 9.58. The molecule has 8 heteroatoms. The van der Waals surface area contributed by atoms with Crippen molar-refractivity contribution in [2.24, 2.45) is 0 Å². The molecule has 0 spiro atoms. The molecule has 2 N–H and O–H groups in total. The number of fused-ring (bicyclic) bond motifs is 1. The van der Waals surface area contributed by atoms with Crippen molar-refractivity contribution >= 4 is 23.4 Å². The Morgan fingerprint density at radius 3 is 2.62 bits per heavy atom. The Morgan fingerprint density at radius 1 is 1.19 bits per heavy atom. The number of thioether (sulfide) groups is 1. The van der Waals surface area contributed by atoms with E-state index in [1.807, 2.05) is 6.07 Å². The number of anilines is 1. The van der Waals surface area contributed by atoms with Crippen molar-refractivity contribution in [1.29, 1.82) is 0 Å². The topological polar surface area (TPSA) is 82.5 Å². The summed E-state index contributed by atoms with van der Waals surface area (Å²) in [5, 5.41) is 20.9. The second kappa shape index (κ2) is 10.0. The first kappa shape index (κ1) is 22.8. The summed E-state index contributed by atoms with van der Waals surface area (Å²) in [6.45, 7) is 4.53. The Bertz CT molecular complexity index is 920. The third-order valence-corrected chi connectivity index (χ3v) is 7.81. The lowest BCUT2D eigenvalue weighted by atomic mass is 9.95. The number of ether oxygens (including phenoxy) is 2. The smallest absolute Gasteiger partial charge is 0.322 e. The molecule has 2 aromatic carbocycles. The number of carboxylic acids is 1. The van der Waals surface area contributed by atoms with Gasteiger partial charge in [0.25, 0.3) is 0 Å². The molecule has 0 aliphatic carbocycles. The van der Waals surface area contributed by atoms with Crippen molar-refractivity contribution in [2.75, 3.05) is 51.3 Å². The number of aliphatic hydroxyl groups excluding tert-OH is 1. The molecule has 0 radical (unpaired) electrons. The first-order valence-electron chi connectivity index (χ1n) is 11.0. The third-order valence-electron chi connectivity index (χ3n) is 6.26. The van der Waals surface area contributed by atoms with E-state index >= 15 is 0 Å². The van der Waals surface area contributed by atoms with Gasteiger partial charge in [-0.2, -0.15) is 0 Å². The first-order chi connectivity index (χ1) is 15.5. The molecule has 2 aliphatic heterocycles. The summed E-state index contributed by atoms with van der Waals surface area (Å²) in [6.07, 6.45) is -0.0769. The van der Waals surface area contributed by atoms with E-state index in [2.05, 4.69) is 34.1 Å². The fourth-order valence-electron chi connectivity index (χ4n) is 4.33. The van der Waals surface area contributed by atoms with Crippen LogP contribution in [-0.4, -0.2) is 78.4 Å². The molecule has 2 aromatic rings. The van der Waals surface area contributed by atoms with Gasteiger partial charge in [0, 0.05) is 31.9 Å². The summed E-state index contributed by atoms with van der Waals surface area (Å²) >= 11 is 1.17. The predicted molar refractivity (Wildman–Crippen MR) is 125 cm³/mol. The van der Waals surface area contributed by atoms with E-state index < -0.39 is 16.8 Å². The average molecular weight is 459 g/mol. The van der Waals surface area contributed by atoms with E-state index in [0.29, 0.717) is 29.2 Å². The number of carboxylic acid groups (broad SMARTS) is 1. The lowest BCUT2D eigenvalue weighted by Crippen LogP contribution is -2.50. The van der Waals surface area contributed by atoms with Crippen LogP contribution in [0.2, 0.25) is 0 Å². The second-order valence-electron chi connectivity index (χ2n) is 8.20. The molecule has 172 valence electrons. The Labute approximate surface area is 192 Å². The van der Waals surface area contributed by atoms with Crippen LogP contribution in [0.15, 0.2) is 53.4 Å². The average Bonchev–Trinajstić information content (AvgIpc) is 2.96. The quantitative estimate of drug-likeness (QED) is 0.655. The molecule has 0 aromatic heterocycles. The standard InChI is InChI=1S/C24H30N2O5S/c1-30-19-8-9-20-21(16-19)32-24(23(28)29,22(27)17-31-20)10-5-11-25-12-14-26(15-13-25)18-6-3-2-4-7-18/h2-4,6-9,16,22,27H,5,10-15,17H2,1H3,(H,28,29)/t22-,24+/m0/s1. The van der Waals surface area contributed by atoms with Crippen LogP contribution in [0.1, 0.15) is 12.8 Å². The van der Waals surface area contributed by atoms with Gasteiger partial charge in [-0.05, 0) is 49.7 Å². The molecule has 1 fully saturated rings. The molecule has 0 bridgehead atoms. The molecule has 7 nitrogen and oxygen atoms in total. The molecular formula is C24H30N2O5S. The van der Waals surface area contributed by atoms with Gasteiger partial charge in [0.05, 0.1) is 12.0 Å². The van der Waals surface area contributed by atoms with Gasteiger partial charge in [-0.25, -0.2) is 0 Å². The Balaban J connectivity index is 1.38. The third kappa shape index (κ3) is 4.82. The largest absolute Gasteiger partial charge is 0.497 e. The van der Waals surface area contributed by atoms with Gasteiger partial charge in [-0.3, -0.25) is 9.69 Å². The fourth-order valence-corrected chi connectivity index (χ4v) is 5.66. The van der Waals surface area contributed by atoms with E-state index in [1.165, 1.54) is 17.4 Å². The van der Waals surface area contributed by atoms with Gasteiger partial charge < -0.3 is 24.6 Å². The van der Waals surface area contributed by atoms with Crippen LogP contribution in [0.25, 0.3) is 0 Å². The van der Waals surface area contributed by atoms with Crippen LogP contribution in [0.5, 0.6) is 11.5 Å². The number of methoxy groups -OCH3 is 1. The van der Waals surface area contributed by atoms with Crippen LogP contribution in [0, 0.1) is 0 Å². The summed E-state index contributed by atoms with van der Waals surface area (Å²) in [5.74, 6) is 0.199. The fraction of sp³-hybridized carbons (Fsp3) is 0.458. The lowest BCUT2D eigenvalue weighted by molar-refractivity contribution is -0.144. The van der Waals surface area contributed by atoms with E-state index in [1.54, 1.807) is 25.3 Å². The highest BCUT2D eigenvalue weighted by molar-refractivity contribution is 8.01. The molecule has 0 amide bonds. The van der Waals surface area contributed by atoms with Gasteiger partial charge >= 0.3 is 5.97 Å². The van der Waals surface area contributed by atoms with Gasteiger partial charge in [0.1, 0.15) is 29.0 Å². The van der Waals surface area contributed by atoms with E-state index in [0.717, 1.165) is 32.7 Å². The minimum absolute atomic E-state index is 0.0472. The molecule has 1 saturated heterocycles. The molecule has 2 aliphatic rings. The van der Waals surface area contributed by atoms with Gasteiger partial charge in [0.15, 0.2) is 0 Å². The van der Waals surface area contributed by atoms with Crippen LogP contribution in [-0.2, 0) is 4.79 Å². The first-order valence-corrected chi connectivity index (χ1v) is 11.8. The number of aliphatic hydroxyl groups is 1. The number of hydrogen-bond donors (Lipinski definition) is 2. The van der Waals surface area contributed by atoms with Crippen LogP contribution in [0.4, 0.5) is 5.69 Å². The highest BCUT2D eigenvalue weighted by Gasteiger charge is 2.48. The number of rotatable bonds is 7. The Morgan fingerprint density at radius 2 is 1.94 bits per heavy atom. The monoisotopic (exact) mass is 458 g/mol. The van der Waals surface area contributed by atoms with E-state index in [-0.39, 0.29) is 6.61 Å². The van der Waals surface area contributed by atoms with Crippen molar-refractivity contribution in [3.8, 4) is 11.5 Å². The van der Waals surface area contributed by atoms with Crippen molar-refractivity contribution in [3.05, 3.63) is 48.5 Å². The molecule has 32 heavy (non-hydrogen) atoms. The number of hydrogen-bond acceptors (Lipinski definition) is 7. The molecule has 0 saturated carbocycles. The molecule has 2 heterocycles. The summed E-state index contributed by atoms with van der Waals surface area (Å²) in [5.41, 5.74) is 1.24. The maximum absolute atomic E-state index is 12.4. The van der Waals surface area contributed by atoms with Crippen molar-refractivity contribution in [3.63, 3.8) is 0 Å². The number of para-hydroxylation sites is 1. The van der Waals surface area contributed by atoms with Crippen LogP contribution < -0.4 is 14.4 Å². The highest BCUT2D eigenvalue weighted by Crippen LogP contribution is 2.47. The van der Waals surface area contributed by atoms with Crippen molar-refractivity contribution in [2.45, 2.75) is 28.6 Å². The zero-order valence-electron chi connectivity index (χ0n) is 18.3. The maximum Gasteiger partial charge on any atom is 0.322 e. The number of benzene rings is 2. The number of carbonyl (C=O) groups is 1. The van der Waals surface area contributed by atoms with Gasteiger partial charge in [-0.1, -0.05) is 18.2 Å².